The minimum Gasteiger partial charge on any atom is -0.344 e. The van der Waals surface area contributed by atoms with Gasteiger partial charge in [-0.25, -0.2) is 4.79 Å². The summed E-state index contributed by atoms with van der Waals surface area (Å²) < 4.78 is 0. The van der Waals surface area contributed by atoms with Crippen LogP contribution in [-0.4, -0.2) is 42.7 Å². The molecule has 1 aliphatic rings. The zero-order valence-corrected chi connectivity index (χ0v) is 24.9. The summed E-state index contributed by atoms with van der Waals surface area (Å²) in [4.78, 5) is 41.2. The predicted molar refractivity (Wildman–Crippen MR) is 166 cm³/mol. The first-order chi connectivity index (χ1) is 19.6. The maximum Gasteiger partial charge on any atom is 0.314 e. The number of thioether (sulfide) groups is 1. The van der Waals surface area contributed by atoms with E-state index in [2.05, 4.69) is 22.0 Å². The average Bonchev–Trinajstić information content (AvgIpc) is 3.07. The molecule has 3 aromatic rings. The molecule has 1 aliphatic heterocycles. The van der Waals surface area contributed by atoms with Gasteiger partial charge in [0.15, 0.2) is 0 Å². The van der Waals surface area contributed by atoms with Crippen molar-refractivity contribution in [3.63, 3.8) is 0 Å². The molecule has 0 radical (unpaired) electrons. The van der Waals surface area contributed by atoms with E-state index in [0.717, 1.165) is 38.4 Å². The fourth-order valence-corrected chi connectivity index (χ4v) is 5.50. The number of hydrogen-bond donors (Lipinski definition) is 4. The highest BCUT2D eigenvalue weighted by Crippen LogP contribution is 2.32. The van der Waals surface area contributed by atoms with Crippen LogP contribution in [0.4, 0.5) is 10.5 Å². The molecule has 0 aliphatic carbocycles. The van der Waals surface area contributed by atoms with Gasteiger partial charge in [0.2, 0.25) is 11.8 Å². The molecule has 0 fully saturated rings. The molecule has 4 rings (SSSR count). The summed E-state index contributed by atoms with van der Waals surface area (Å²) in [5.74, 6) is -0.348. The summed E-state index contributed by atoms with van der Waals surface area (Å²) in [5, 5.41) is 8.38. The highest BCUT2D eigenvalue weighted by molar-refractivity contribution is 7.98. The molecule has 5 N–H and O–H groups in total. The summed E-state index contributed by atoms with van der Waals surface area (Å²) in [6, 6.07) is 21.4. The highest BCUT2D eigenvalue weighted by Gasteiger charge is 2.32. The lowest BCUT2D eigenvalue weighted by molar-refractivity contribution is -0.128. The Hall–Kier alpha value is -3.82. The molecule has 41 heavy (non-hydrogen) atoms. The maximum atomic E-state index is 13.9. The molecule has 216 valence electrons. The number of benzene rings is 3. The third-order valence-electron chi connectivity index (χ3n) is 7.08. The first kappa shape index (κ1) is 30.1. The Morgan fingerprint density at radius 2 is 1.80 bits per heavy atom. The Labute approximate surface area is 246 Å². The Balaban J connectivity index is 1.59. The molecule has 0 saturated carbocycles. The Morgan fingerprint density at radius 3 is 2.49 bits per heavy atom. The zero-order chi connectivity index (χ0) is 29.6. The van der Waals surface area contributed by atoms with Crippen LogP contribution in [0, 0.1) is 0 Å². The first-order valence-electron chi connectivity index (χ1n) is 13.8. The van der Waals surface area contributed by atoms with Crippen molar-refractivity contribution in [2.75, 3.05) is 18.2 Å². The van der Waals surface area contributed by atoms with Crippen LogP contribution in [0.3, 0.4) is 0 Å². The van der Waals surface area contributed by atoms with Gasteiger partial charge in [-0.05, 0) is 79.0 Å². The van der Waals surface area contributed by atoms with E-state index in [1.807, 2.05) is 66.9 Å². The van der Waals surface area contributed by atoms with E-state index in [1.165, 1.54) is 0 Å². The number of nitrogens with zero attached hydrogens (tertiary/aromatic N) is 1. The molecule has 0 saturated heterocycles. The van der Waals surface area contributed by atoms with Gasteiger partial charge in [-0.1, -0.05) is 48.5 Å². The number of carbonyl (C=O) groups is 3. The summed E-state index contributed by atoms with van der Waals surface area (Å²) in [6.07, 6.45) is 3.38. The van der Waals surface area contributed by atoms with Crippen LogP contribution in [0.25, 0.3) is 11.1 Å². The number of nitrogens with two attached hydrogens (primary N) is 1. The molecule has 1 heterocycles. The van der Waals surface area contributed by atoms with Gasteiger partial charge in [-0.2, -0.15) is 0 Å². The molecule has 0 unspecified atom stereocenters. The fraction of sp³-hybridized carbons (Fsp3) is 0.344. The van der Waals surface area contributed by atoms with Crippen molar-refractivity contribution >= 4 is 35.3 Å². The van der Waals surface area contributed by atoms with Crippen LogP contribution in [0.5, 0.6) is 0 Å². The second-order valence-electron chi connectivity index (χ2n) is 11.0. The Bertz CT molecular complexity index is 1400. The molecule has 9 heteroatoms. The number of rotatable bonds is 9. The molecule has 1 atom stereocenters. The Kier molecular flexibility index (Phi) is 9.73. The normalized spacial score (nSPS) is 15.1. The molecular formula is C32H39N5O3S. The van der Waals surface area contributed by atoms with Crippen molar-refractivity contribution in [2.24, 2.45) is 5.73 Å². The second kappa shape index (κ2) is 13.2. The van der Waals surface area contributed by atoms with E-state index in [-0.39, 0.29) is 24.3 Å². The van der Waals surface area contributed by atoms with E-state index in [9.17, 15) is 14.4 Å². The number of urea groups is 1. The third kappa shape index (κ3) is 7.89. The smallest absolute Gasteiger partial charge is 0.314 e. The molecule has 0 bridgehead atoms. The highest BCUT2D eigenvalue weighted by atomic mass is 32.2. The van der Waals surface area contributed by atoms with E-state index < -0.39 is 11.6 Å². The van der Waals surface area contributed by atoms with Gasteiger partial charge in [0, 0.05) is 36.1 Å². The van der Waals surface area contributed by atoms with Gasteiger partial charge < -0.3 is 26.6 Å². The number of hydrogen-bond acceptors (Lipinski definition) is 5. The number of nitrogens with one attached hydrogen (secondary N) is 3. The van der Waals surface area contributed by atoms with Crippen molar-refractivity contribution in [1.82, 2.24) is 16.0 Å². The molecule has 0 aromatic heterocycles. The summed E-state index contributed by atoms with van der Waals surface area (Å²) >= 11 is 1.67. The number of carbonyl (C=O) groups excluding carboxylic acids is 3. The van der Waals surface area contributed by atoms with Gasteiger partial charge in [0.05, 0.1) is 6.54 Å². The van der Waals surface area contributed by atoms with Crippen LogP contribution < -0.4 is 26.6 Å². The van der Waals surface area contributed by atoms with Crippen LogP contribution >= 0.6 is 11.8 Å². The predicted octanol–water partition coefficient (Wildman–Crippen LogP) is 4.60. The average molecular weight is 574 g/mol. The molecule has 3 aromatic carbocycles. The maximum absolute atomic E-state index is 13.9. The van der Waals surface area contributed by atoms with Crippen LogP contribution in [0.15, 0.2) is 71.6 Å². The molecule has 0 spiro atoms. The fourth-order valence-electron chi connectivity index (χ4n) is 5.03. The topological polar surface area (TPSA) is 117 Å². The van der Waals surface area contributed by atoms with E-state index in [0.29, 0.717) is 25.9 Å². The third-order valence-corrected chi connectivity index (χ3v) is 7.81. The Morgan fingerprint density at radius 1 is 1.07 bits per heavy atom. The SMILES string of the molecule is CNC(=O)NCc1ccccc1-c1ccc(CN2C(=O)[C@H](NC(=O)CC(C)(C)N)CCc3cc(SC)ccc32)cc1. The number of fused-ring (bicyclic) bond motifs is 1. The second-order valence-corrected chi connectivity index (χ2v) is 11.9. The van der Waals surface area contributed by atoms with Gasteiger partial charge in [-0.15, -0.1) is 11.8 Å². The lowest BCUT2D eigenvalue weighted by Gasteiger charge is -2.27. The minimum absolute atomic E-state index is 0.126. The molecular weight excluding hydrogens is 534 g/mol. The van der Waals surface area contributed by atoms with Crippen molar-refractivity contribution in [2.45, 2.75) is 62.7 Å². The van der Waals surface area contributed by atoms with Gasteiger partial charge >= 0.3 is 6.03 Å². The summed E-state index contributed by atoms with van der Waals surface area (Å²) in [7, 11) is 1.59. The van der Waals surface area contributed by atoms with Gasteiger partial charge in [-0.3, -0.25) is 9.59 Å². The van der Waals surface area contributed by atoms with E-state index in [1.54, 1.807) is 37.6 Å². The largest absolute Gasteiger partial charge is 0.344 e. The van der Waals surface area contributed by atoms with Crippen molar-refractivity contribution in [3.8, 4) is 11.1 Å². The zero-order valence-electron chi connectivity index (χ0n) is 24.1. The number of aryl methyl sites for hydroxylation is 1. The number of anilines is 1. The van der Waals surface area contributed by atoms with Gasteiger partial charge in [0.25, 0.3) is 0 Å². The molecule has 4 amide bonds. The minimum atomic E-state index is -0.660. The van der Waals surface area contributed by atoms with Gasteiger partial charge in [0.1, 0.15) is 6.04 Å². The van der Waals surface area contributed by atoms with E-state index >= 15 is 0 Å². The van der Waals surface area contributed by atoms with Crippen molar-refractivity contribution in [1.29, 1.82) is 0 Å². The standard InChI is InChI=1S/C32H39N5O3S/c1-32(2,33)18-29(38)36-27-15-13-23-17-25(41-4)14-16-28(23)37(30(27)39)20-21-9-11-22(12-10-21)26-8-6-5-7-24(26)19-35-31(40)34-3/h5-12,14,16-17,27H,13,15,18-20,33H2,1-4H3,(H,36,38)(H2,34,35,40)/t27-/m1/s1. The summed E-state index contributed by atoms with van der Waals surface area (Å²) in [6.45, 7) is 4.38. The first-order valence-corrected chi connectivity index (χ1v) is 15.0. The lowest BCUT2D eigenvalue weighted by atomic mass is 9.98. The monoisotopic (exact) mass is 573 g/mol. The number of amides is 4. The van der Waals surface area contributed by atoms with Crippen LogP contribution in [-0.2, 0) is 29.1 Å². The summed E-state index contributed by atoms with van der Waals surface area (Å²) in [5.41, 5.74) is 11.4. The van der Waals surface area contributed by atoms with Crippen LogP contribution in [0.1, 0.15) is 43.4 Å². The van der Waals surface area contributed by atoms with Crippen molar-refractivity contribution < 1.29 is 14.4 Å². The quantitative estimate of drug-likeness (QED) is 0.279. The molecule has 8 nitrogen and oxygen atoms in total. The van der Waals surface area contributed by atoms with Crippen LogP contribution in [0.2, 0.25) is 0 Å². The van der Waals surface area contributed by atoms with E-state index in [4.69, 9.17) is 5.73 Å². The van der Waals surface area contributed by atoms with Crippen molar-refractivity contribution in [3.05, 3.63) is 83.4 Å². The lowest BCUT2D eigenvalue weighted by Crippen LogP contribution is -2.49.